The molecule has 0 amide bonds. The van der Waals surface area contributed by atoms with Gasteiger partial charge in [0.15, 0.2) is 0 Å². The summed E-state index contributed by atoms with van der Waals surface area (Å²) in [4.78, 5) is 0. The standard InChI is InChI=1S/C19H30/c1-7-10-11-15(5)19(16(6)17-12-13-17)18(9-3)14(4)8-2/h9-11,14,17H,5,7-8,12-13H2,1-4,6H3/b11-10-,18-9-,19-16+. The molecule has 0 heteroatoms. The van der Waals surface area contributed by atoms with Gasteiger partial charge in [0.2, 0.25) is 0 Å². The zero-order valence-corrected chi connectivity index (χ0v) is 13.4. The number of allylic oxidation sites excluding steroid dienone is 7. The Hall–Kier alpha value is -1.04. The molecule has 1 fully saturated rings. The summed E-state index contributed by atoms with van der Waals surface area (Å²) in [5.41, 5.74) is 5.67. The van der Waals surface area contributed by atoms with Gasteiger partial charge in [-0.15, -0.1) is 0 Å². The first kappa shape index (κ1) is 16.0. The Morgan fingerprint density at radius 3 is 2.37 bits per heavy atom. The minimum Gasteiger partial charge on any atom is -0.0912 e. The topological polar surface area (TPSA) is 0 Å². The highest BCUT2D eigenvalue weighted by Gasteiger charge is 2.27. The largest absolute Gasteiger partial charge is 0.0912 e. The third-order valence-corrected chi connectivity index (χ3v) is 4.20. The Labute approximate surface area is 120 Å². The minimum atomic E-state index is 0.612. The molecule has 0 saturated heterocycles. The van der Waals surface area contributed by atoms with Gasteiger partial charge < -0.3 is 0 Å². The maximum absolute atomic E-state index is 4.32. The van der Waals surface area contributed by atoms with E-state index in [4.69, 9.17) is 0 Å². The van der Waals surface area contributed by atoms with Crippen LogP contribution in [0.25, 0.3) is 0 Å². The lowest BCUT2D eigenvalue weighted by molar-refractivity contribution is 0.659. The van der Waals surface area contributed by atoms with Gasteiger partial charge in [-0.2, -0.15) is 0 Å². The van der Waals surface area contributed by atoms with Gasteiger partial charge in [0.25, 0.3) is 0 Å². The van der Waals surface area contributed by atoms with Crippen molar-refractivity contribution in [1.29, 1.82) is 0 Å². The molecular formula is C19H30. The van der Waals surface area contributed by atoms with Crippen molar-refractivity contribution >= 4 is 0 Å². The monoisotopic (exact) mass is 258 g/mol. The fourth-order valence-electron chi connectivity index (χ4n) is 2.63. The van der Waals surface area contributed by atoms with Crippen molar-refractivity contribution in [2.24, 2.45) is 11.8 Å². The number of rotatable bonds is 7. The molecule has 0 heterocycles. The fraction of sp³-hybridized carbons (Fsp3) is 0.579. The Morgan fingerprint density at radius 1 is 1.32 bits per heavy atom. The lowest BCUT2D eigenvalue weighted by Gasteiger charge is -2.21. The van der Waals surface area contributed by atoms with Crippen LogP contribution < -0.4 is 0 Å². The van der Waals surface area contributed by atoms with Crippen LogP contribution in [0.4, 0.5) is 0 Å². The number of hydrogen-bond acceptors (Lipinski definition) is 0. The molecule has 106 valence electrons. The van der Waals surface area contributed by atoms with Crippen molar-refractivity contribution in [3.8, 4) is 0 Å². The second-order valence-corrected chi connectivity index (χ2v) is 5.72. The summed E-state index contributed by atoms with van der Waals surface area (Å²) >= 11 is 0. The van der Waals surface area contributed by atoms with Gasteiger partial charge in [0.05, 0.1) is 0 Å². The molecule has 1 unspecified atom stereocenters. The Bertz CT molecular complexity index is 400. The van der Waals surface area contributed by atoms with Crippen molar-refractivity contribution in [1.82, 2.24) is 0 Å². The molecule has 0 radical (unpaired) electrons. The van der Waals surface area contributed by atoms with E-state index in [2.05, 4.69) is 59.4 Å². The SMILES string of the molecule is C=C(/C=C\CC)C(/C(=C\C)C(C)CC)=C(/C)C1CC1. The molecule has 1 aliphatic rings. The Balaban J connectivity index is 3.16. The Kier molecular flexibility index (Phi) is 6.34. The van der Waals surface area contributed by atoms with E-state index in [1.54, 1.807) is 5.57 Å². The maximum Gasteiger partial charge on any atom is -0.0167 e. The maximum atomic E-state index is 4.32. The van der Waals surface area contributed by atoms with Crippen LogP contribution in [0.15, 0.2) is 47.1 Å². The lowest BCUT2D eigenvalue weighted by atomic mass is 9.84. The molecule has 0 nitrogen and oxygen atoms in total. The van der Waals surface area contributed by atoms with E-state index in [1.165, 1.54) is 36.0 Å². The van der Waals surface area contributed by atoms with Crippen LogP contribution in [0.5, 0.6) is 0 Å². The van der Waals surface area contributed by atoms with Gasteiger partial charge in [-0.3, -0.25) is 0 Å². The summed E-state index contributed by atoms with van der Waals surface area (Å²) in [5, 5.41) is 0. The van der Waals surface area contributed by atoms with Crippen molar-refractivity contribution in [3.05, 3.63) is 47.1 Å². The number of hydrogen-bond donors (Lipinski definition) is 0. The summed E-state index contributed by atoms with van der Waals surface area (Å²) in [6.07, 6.45) is 11.7. The van der Waals surface area contributed by atoms with E-state index < -0.39 is 0 Å². The van der Waals surface area contributed by atoms with Gasteiger partial charge in [0, 0.05) is 0 Å². The highest BCUT2D eigenvalue weighted by atomic mass is 14.3. The quantitative estimate of drug-likeness (QED) is 0.475. The first-order valence-corrected chi connectivity index (χ1v) is 7.79. The molecule has 0 N–H and O–H groups in total. The first-order chi connectivity index (χ1) is 9.06. The van der Waals surface area contributed by atoms with Gasteiger partial charge in [-0.05, 0) is 68.1 Å². The molecule has 19 heavy (non-hydrogen) atoms. The van der Waals surface area contributed by atoms with Crippen LogP contribution in [-0.4, -0.2) is 0 Å². The molecular weight excluding hydrogens is 228 g/mol. The molecule has 0 spiro atoms. The zero-order chi connectivity index (χ0) is 14.4. The van der Waals surface area contributed by atoms with E-state index in [-0.39, 0.29) is 0 Å². The molecule has 0 aromatic rings. The molecule has 1 aliphatic carbocycles. The summed E-state index contributed by atoms with van der Waals surface area (Å²) in [6.45, 7) is 15.6. The van der Waals surface area contributed by atoms with Crippen molar-refractivity contribution < 1.29 is 0 Å². The van der Waals surface area contributed by atoms with Crippen molar-refractivity contribution in [2.45, 2.75) is 60.3 Å². The average Bonchev–Trinajstić information content (AvgIpc) is 3.24. The normalized spacial score (nSPS) is 19.5. The predicted molar refractivity (Wildman–Crippen MR) is 87.2 cm³/mol. The smallest absolute Gasteiger partial charge is 0.0167 e. The third kappa shape index (κ3) is 4.23. The molecule has 0 aromatic heterocycles. The third-order valence-electron chi connectivity index (χ3n) is 4.20. The lowest BCUT2D eigenvalue weighted by Crippen LogP contribution is -2.05. The summed E-state index contributed by atoms with van der Waals surface area (Å²) in [7, 11) is 0. The van der Waals surface area contributed by atoms with E-state index in [1.807, 2.05) is 0 Å². The minimum absolute atomic E-state index is 0.612. The van der Waals surface area contributed by atoms with E-state index in [0.29, 0.717) is 5.92 Å². The molecule has 0 aromatic carbocycles. The van der Waals surface area contributed by atoms with Crippen LogP contribution in [0, 0.1) is 11.8 Å². The van der Waals surface area contributed by atoms with Crippen LogP contribution in [0.1, 0.15) is 60.3 Å². The molecule has 1 saturated carbocycles. The van der Waals surface area contributed by atoms with Crippen molar-refractivity contribution in [2.75, 3.05) is 0 Å². The first-order valence-electron chi connectivity index (χ1n) is 7.79. The summed E-state index contributed by atoms with van der Waals surface area (Å²) < 4.78 is 0. The highest BCUT2D eigenvalue weighted by molar-refractivity contribution is 5.54. The highest BCUT2D eigenvalue weighted by Crippen LogP contribution is 2.42. The summed E-state index contributed by atoms with van der Waals surface area (Å²) in [5.74, 6) is 1.42. The van der Waals surface area contributed by atoms with Crippen LogP contribution in [0.2, 0.25) is 0 Å². The van der Waals surface area contributed by atoms with E-state index >= 15 is 0 Å². The van der Waals surface area contributed by atoms with Crippen molar-refractivity contribution in [3.63, 3.8) is 0 Å². The molecule has 1 rings (SSSR count). The molecule has 0 bridgehead atoms. The zero-order valence-electron chi connectivity index (χ0n) is 13.4. The average molecular weight is 258 g/mol. The predicted octanol–water partition coefficient (Wildman–Crippen LogP) is 6.23. The van der Waals surface area contributed by atoms with E-state index in [0.717, 1.165) is 12.3 Å². The summed E-state index contributed by atoms with van der Waals surface area (Å²) in [6, 6.07) is 0. The van der Waals surface area contributed by atoms with Gasteiger partial charge in [-0.1, -0.05) is 51.2 Å². The van der Waals surface area contributed by atoms with Gasteiger partial charge >= 0.3 is 0 Å². The second-order valence-electron chi connectivity index (χ2n) is 5.72. The second kappa shape index (κ2) is 7.53. The van der Waals surface area contributed by atoms with Gasteiger partial charge in [-0.25, -0.2) is 0 Å². The molecule has 0 aliphatic heterocycles. The fourth-order valence-corrected chi connectivity index (χ4v) is 2.63. The van der Waals surface area contributed by atoms with Crippen LogP contribution in [0.3, 0.4) is 0 Å². The Morgan fingerprint density at radius 2 is 1.95 bits per heavy atom. The van der Waals surface area contributed by atoms with Gasteiger partial charge in [0.1, 0.15) is 0 Å². The molecule has 1 atom stereocenters. The van der Waals surface area contributed by atoms with E-state index in [9.17, 15) is 0 Å². The van der Waals surface area contributed by atoms with Crippen LogP contribution in [-0.2, 0) is 0 Å². The van der Waals surface area contributed by atoms with Crippen LogP contribution >= 0.6 is 0 Å².